The predicted octanol–water partition coefficient (Wildman–Crippen LogP) is 2.85. The fraction of sp³-hybridized carbons (Fsp3) is 0.467. The molecule has 1 aromatic rings. The summed E-state index contributed by atoms with van der Waals surface area (Å²) in [6, 6.07) is 4.25. The third-order valence-corrected chi connectivity index (χ3v) is 2.49. The van der Waals surface area contributed by atoms with Crippen molar-refractivity contribution in [2.24, 2.45) is 0 Å². The first-order valence-electron chi connectivity index (χ1n) is 6.31. The van der Waals surface area contributed by atoms with Crippen LogP contribution in [0.15, 0.2) is 18.2 Å². The summed E-state index contributed by atoms with van der Waals surface area (Å²) in [6.07, 6.45) is 0.740. The zero-order valence-electron chi connectivity index (χ0n) is 11.5. The summed E-state index contributed by atoms with van der Waals surface area (Å²) in [7, 11) is 1.63. The van der Waals surface area contributed by atoms with E-state index in [1.807, 2.05) is 0 Å². The predicted molar refractivity (Wildman–Crippen MR) is 76.8 cm³/mol. The second-order valence-corrected chi connectivity index (χ2v) is 4.15. The van der Waals surface area contributed by atoms with E-state index in [1.165, 1.54) is 12.1 Å². The van der Waals surface area contributed by atoms with Crippen molar-refractivity contribution >= 4 is 11.6 Å². The number of alkyl halides is 1. The second-order valence-electron chi connectivity index (χ2n) is 3.88. The van der Waals surface area contributed by atoms with Crippen molar-refractivity contribution < 1.29 is 18.6 Å². The molecule has 20 heavy (non-hydrogen) atoms. The average Bonchev–Trinajstić information content (AvgIpc) is 2.45. The zero-order chi connectivity index (χ0) is 14.6. The lowest BCUT2D eigenvalue weighted by Crippen LogP contribution is -2.07. The first-order chi connectivity index (χ1) is 9.77. The van der Waals surface area contributed by atoms with Gasteiger partial charge in [-0.25, -0.2) is 4.39 Å². The number of benzene rings is 1. The van der Waals surface area contributed by atoms with Gasteiger partial charge in [0.2, 0.25) is 0 Å². The molecule has 0 atom stereocenters. The van der Waals surface area contributed by atoms with Crippen molar-refractivity contribution in [2.45, 2.75) is 6.42 Å². The Kier molecular flexibility index (Phi) is 8.81. The fourth-order valence-electron chi connectivity index (χ4n) is 1.44. The van der Waals surface area contributed by atoms with Crippen molar-refractivity contribution in [1.82, 2.24) is 0 Å². The van der Waals surface area contributed by atoms with Gasteiger partial charge < -0.3 is 14.2 Å². The number of halogens is 2. The molecular weight excluding hydrogens is 283 g/mol. The molecule has 0 bridgehead atoms. The van der Waals surface area contributed by atoms with E-state index in [1.54, 1.807) is 13.2 Å². The molecule has 0 unspecified atom stereocenters. The number of hydrogen-bond acceptors (Lipinski definition) is 3. The van der Waals surface area contributed by atoms with Crippen molar-refractivity contribution in [2.75, 3.05) is 39.4 Å². The highest BCUT2D eigenvalue weighted by atomic mass is 35.5. The Labute approximate surface area is 124 Å². The third kappa shape index (κ3) is 6.76. The molecule has 0 spiro atoms. The highest BCUT2D eigenvalue weighted by Gasteiger charge is 2.03. The second kappa shape index (κ2) is 10.5. The SMILES string of the molecule is COCCOCCCOc1ccc(F)cc1C#CCCl. The van der Waals surface area contributed by atoms with Crippen molar-refractivity contribution in [3.05, 3.63) is 29.6 Å². The molecule has 5 heteroatoms. The standard InChI is InChI=1S/C15H18ClFO3/c1-18-10-11-19-8-3-9-20-15-6-5-14(17)12-13(15)4-2-7-16/h5-6,12H,3,7-11H2,1H3. The molecule has 0 aliphatic heterocycles. The van der Waals surface area contributed by atoms with Gasteiger partial charge in [-0.15, -0.1) is 11.6 Å². The van der Waals surface area contributed by atoms with Crippen LogP contribution >= 0.6 is 11.6 Å². The van der Waals surface area contributed by atoms with E-state index in [2.05, 4.69) is 11.8 Å². The monoisotopic (exact) mass is 300 g/mol. The molecule has 0 radical (unpaired) electrons. The van der Waals surface area contributed by atoms with Crippen LogP contribution in [0.2, 0.25) is 0 Å². The first kappa shape index (κ1) is 16.8. The summed E-state index contributed by atoms with van der Waals surface area (Å²) in [5.41, 5.74) is 0.506. The molecule has 0 amide bonds. The van der Waals surface area contributed by atoms with Gasteiger partial charge in [0.25, 0.3) is 0 Å². The molecule has 0 aliphatic rings. The van der Waals surface area contributed by atoms with Crippen LogP contribution in [0, 0.1) is 17.7 Å². The van der Waals surface area contributed by atoms with Gasteiger partial charge >= 0.3 is 0 Å². The van der Waals surface area contributed by atoms with Crippen LogP contribution in [0.3, 0.4) is 0 Å². The van der Waals surface area contributed by atoms with Crippen molar-refractivity contribution in [1.29, 1.82) is 0 Å². The molecule has 0 saturated heterocycles. The van der Waals surface area contributed by atoms with Gasteiger partial charge in [0.1, 0.15) is 11.6 Å². The van der Waals surface area contributed by atoms with Crippen molar-refractivity contribution in [3.8, 4) is 17.6 Å². The summed E-state index contributed by atoms with van der Waals surface area (Å²) in [4.78, 5) is 0. The van der Waals surface area contributed by atoms with E-state index < -0.39 is 0 Å². The molecule has 0 aromatic heterocycles. The molecule has 0 saturated carbocycles. The normalized spacial score (nSPS) is 9.95. The molecular formula is C15H18ClFO3. The van der Waals surface area contributed by atoms with Gasteiger partial charge in [0, 0.05) is 20.1 Å². The lowest BCUT2D eigenvalue weighted by molar-refractivity contribution is 0.0644. The molecule has 1 aromatic carbocycles. The molecule has 0 aliphatic carbocycles. The Morgan fingerprint density at radius 1 is 1.20 bits per heavy atom. The van der Waals surface area contributed by atoms with E-state index in [0.29, 0.717) is 37.7 Å². The van der Waals surface area contributed by atoms with Gasteiger partial charge in [-0.05, 0) is 18.2 Å². The molecule has 0 fully saturated rings. The Bertz CT molecular complexity index is 454. The van der Waals surface area contributed by atoms with E-state index in [0.717, 1.165) is 6.42 Å². The minimum atomic E-state index is -0.348. The van der Waals surface area contributed by atoms with Crippen LogP contribution in [0.25, 0.3) is 0 Å². The lowest BCUT2D eigenvalue weighted by Gasteiger charge is -2.08. The van der Waals surface area contributed by atoms with Gasteiger partial charge in [0.05, 0.1) is 31.3 Å². The summed E-state index contributed by atoms with van der Waals surface area (Å²) >= 11 is 5.50. The smallest absolute Gasteiger partial charge is 0.135 e. The van der Waals surface area contributed by atoms with Gasteiger partial charge in [-0.1, -0.05) is 11.8 Å². The molecule has 0 heterocycles. The van der Waals surface area contributed by atoms with E-state index in [4.69, 9.17) is 25.8 Å². The van der Waals surface area contributed by atoms with Crippen LogP contribution in [0.5, 0.6) is 5.75 Å². The van der Waals surface area contributed by atoms with Crippen LogP contribution in [0.1, 0.15) is 12.0 Å². The zero-order valence-corrected chi connectivity index (χ0v) is 12.2. The quantitative estimate of drug-likeness (QED) is 0.420. The maximum Gasteiger partial charge on any atom is 0.135 e. The lowest BCUT2D eigenvalue weighted by atomic mass is 10.2. The summed E-state index contributed by atoms with van der Waals surface area (Å²) < 4.78 is 28.9. The Morgan fingerprint density at radius 3 is 2.80 bits per heavy atom. The number of methoxy groups -OCH3 is 1. The minimum absolute atomic E-state index is 0.198. The van der Waals surface area contributed by atoms with Crippen LogP contribution < -0.4 is 4.74 Å². The number of rotatable bonds is 8. The van der Waals surface area contributed by atoms with Crippen molar-refractivity contribution in [3.63, 3.8) is 0 Å². The highest BCUT2D eigenvalue weighted by molar-refractivity contribution is 6.19. The average molecular weight is 301 g/mol. The molecule has 0 N–H and O–H groups in total. The highest BCUT2D eigenvalue weighted by Crippen LogP contribution is 2.18. The Balaban J connectivity index is 2.39. The summed E-state index contributed by atoms with van der Waals surface area (Å²) in [6.45, 7) is 2.22. The van der Waals surface area contributed by atoms with Crippen LogP contribution in [0.4, 0.5) is 4.39 Å². The maximum absolute atomic E-state index is 13.1. The summed E-state index contributed by atoms with van der Waals surface area (Å²) in [5, 5.41) is 0. The molecule has 110 valence electrons. The number of ether oxygens (including phenoxy) is 3. The Hall–Kier alpha value is -1.28. The van der Waals surface area contributed by atoms with E-state index in [-0.39, 0.29) is 11.7 Å². The molecule has 3 nitrogen and oxygen atoms in total. The van der Waals surface area contributed by atoms with E-state index >= 15 is 0 Å². The Morgan fingerprint density at radius 2 is 2.05 bits per heavy atom. The van der Waals surface area contributed by atoms with Gasteiger partial charge in [-0.2, -0.15) is 0 Å². The van der Waals surface area contributed by atoms with Gasteiger partial charge in [0.15, 0.2) is 0 Å². The largest absolute Gasteiger partial charge is 0.492 e. The fourth-order valence-corrected chi connectivity index (χ4v) is 1.51. The third-order valence-electron chi connectivity index (χ3n) is 2.35. The topological polar surface area (TPSA) is 27.7 Å². The molecule has 1 rings (SSSR count). The van der Waals surface area contributed by atoms with Crippen LogP contribution in [-0.2, 0) is 9.47 Å². The van der Waals surface area contributed by atoms with Gasteiger partial charge in [-0.3, -0.25) is 0 Å². The minimum Gasteiger partial charge on any atom is -0.492 e. The first-order valence-corrected chi connectivity index (χ1v) is 6.85. The maximum atomic E-state index is 13.1. The van der Waals surface area contributed by atoms with Crippen LogP contribution in [-0.4, -0.2) is 39.4 Å². The summed E-state index contributed by atoms with van der Waals surface area (Å²) in [5.74, 6) is 5.87. The number of hydrogen-bond donors (Lipinski definition) is 0. The van der Waals surface area contributed by atoms with E-state index in [9.17, 15) is 4.39 Å².